The number of hydrogen-bond donors (Lipinski definition) is 1. The molecule has 1 fully saturated rings. The Morgan fingerprint density at radius 1 is 1.30 bits per heavy atom. The van der Waals surface area contributed by atoms with E-state index in [0.717, 1.165) is 25.7 Å². The van der Waals surface area contributed by atoms with Gasteiger partial charge in [-0.15, -0.1) is 0 Å². The first-order chi connectivity index (χ1) is 9.69. The first-order valence-corrected chi connectivity index (χ1v) is 8.56. The SMILES string of the molecule is CCCNC(CC1CCOCC1)c1cc(C)cc(Br)c1. The fourth-order valence-electron chi connectivity index (χ4n) is 2.94. The summed E-state index contributed by atoms with van der Waals surface area (Å²) in [6.07, 6.45) is 4.81. The fraction of sp³-hybridized carbons (Fsp3) is 0.647. The topological polar surface area (TPSA) is 21.3 Å². The van der Waals surface area contributed by atoms with Crippen molar-refractivity contribution in [1.29, 1.82) is 0 Å². The lowest BCUT2D eigenvalue weighted by Crippen LogP contribution is -2.27. The highest BCUT2D eigenvalue weighted by molar-refractivity contribution is 9.10. The van der Waals surface area contributed by atoms with E-state index >= 15 is 0 Å². The summed E-state index contributed by atoms with van der Waals surface area (Å²) in [5, 5.41) is 3.73. The van der Waals surface area contributed by atoms with Crippen LogP contribution in [0.1, 0.15) is 49.8 Å². The van der Waals surface area contributed by atoms with E-state index in [2.05, 4.69) is 53.3 Å². The Morgan fingerprint density at radius 2 is 2.05 bits per heavy atom. The maximum atomic E-state index is 5.48. The van der Waals surface area contributed by atoms with Crippen molar-refractivity contribution in [3.05, 3.63) is 33.8 Å². The Morgan fingerprint density at radius 3 is 2.70 bits per heavy atom. The second-order valence-corrected chi connectivity index (χ2v) is 6.78. The van der Waals surface area contributed by atoms with Gasteiger partial charge in [-0.25, -0.2) is 0 Å². The van der Waals surface area contributed by atoms with Crippen molar-refractivity contribution in [3.8, 4) is 0 Å². The van der Waals surface area contributed by atoms with Crippen molar-refractivity contribution in [2.24, 2.45) is 5.92 Å². The van der Waals surface area contributed by atoms with Crippen LogP contribution in [0.2, 0.25) is 0 Å². The summed E-state index contributed by atoms with van der Waals surface area (Å²) in [4.78, 5) is 0. The number of aryl methyl sites for hydroxylation is 1. The molecule has 1 saturated heterocycles. The molecule has 112 valence electrons. The molecule has 1 N–H and O–H groups in total. The van der Waals surface area contributed by atoms with Gasteiger partial charge in [0.25, 0.3) is 0 Å². The third-order valence-electron chi connectivity index (χ3n) is 4.02. The first kappa shape index (κ1) is 16.0. The van der Waals surface area contributed by atoms with Gasteiger partial charge in [-0.1, -0.05) is 28.9 Å². The quantitative estimate of drug-likeness (QED) is 0.816. The molecular weight excluding hydrogens is 314 g/mol. The zero-order chi connectivity index (χ0) is 14.4. The second-order valence-electron chi connectivity index (χ2n) is 5.86. The number of halogens is 1. The summed E-state index contributed by atoms with van der Waals surface area (Å²) in [5.74, 6) is 0.789. The minimum atomic E-state index is 0.467. The molecule has 1 unspecified atom stereocenters. The van der Waals surface area contributed by atoms with Crippen LogP contribution >= 0.6 is 15.9 Å². The Labute approximate surface area is 131 Å². The molecule has 3 heteroatoms. The van der Waals surface area contributed by atoms with Crippen LogP contribution < -0.4 is 5.32 Å². The molecule has 1 aliphatic rings. The average Bonchev–Trinajstić information content (AvgIpc) is 2.43. The Hall–Kier alpha value is -0.380. The van der Waals surface area contributed by atoms with Gasteiger partial charge in [-0.3, -0.25) is 0 Å². The average molecular weight is 340 g/mol. The molecule has 1 aromatic rings. The molecule has 0 spiro atoms. The summed E-state index contributed by atoms with van der Waals surface area (Å²) in [6, 6.07) is 7.22. The lowest BCUT2D eigenvalue weighted by Gasteiger charge is -2.28. The van der Waals surface area contributed by atoms with Gasteiger partial charge in [0, 0.05) is 23.7 Å². The Bertz CT molecular complexity index is 395. The molecule has 0 radical (unpaired) electrons. The Kier molecular flexibility index (Phi) is 6.53. The van der Waals surface area contributed by atoms with Gasteiger partial charge in [0.15, 0.2) is 0 Å². The normalized spacial score (nSPS) is 18.1. The van der Waals surface area contributed by atoms with E-state index in [9.17, 15) is 0 Å². The maximum absolute atomic E-state index is 5.48. The molecular formula is C17H26BrNO. The van der Waals surface area contributed by atoms with Crippen molar-refractivity contribution >= 4 is 15.9 Å². The first-order valence-electron chi connectivity index (χ1n) is 7.77. The molecule has 0 aliphatic carbocycles. The van der Waals surface area contributed by atoms with Gasteiger partial charge >= 0.3 is 0 Å². The standard InChI is InChI=1S/C17H26BrNO/c1-3-6-19-17(11-14-4-7-20-8-5-14)15-9-13(2)10-16(18)12-15/h9-10,12,14,17,19H,3-8,11H2,1-2H3. The van der Waals surface area contributed by atoms with Crippen molar-refractivity contribution in [2.45, 2.75) is 45.6 Å². The molecule has 1 atom stereocenters. The largest absolute Gasteiger partial charge is 0.381 e. The van der Waals surface area contributed by atoms with Crippen LogP contribution in [0.15, 0.2) is 22.7 Å². The predicted octanol–water partition coefficient (Wildman–Crippen LogP) is 4.61. The highest BCUT2D eigenvalue weighted by Gasteiger charge is 2.20. The number of rotatable bonds is 6. The van der Waals surface area contributed by atoms with Gasteiger partial charge in [0.1, 0.15) is 0 Å². The van der Waals surface area contributed by atoms with Crippen LogP contribution in [0.5, 0.6) is 0 Å². The van der Waals surface area contributed by atoms with Crippen LogP contribution in [0.3, 0.4) is 0 Å². The molecule has 2 nitrogen and oxygen atoms in total. The van der Waals surface area contributed by atoms with Crippen LogP contribution in [0, 0.1) is 12.8 Å². The maximum Gasteiger partial charge on any atom is 0.0468 e. The molecule has 1 heterocycles. The Balaban J connectivity index is 2.08. The van der Waals surface area contributed by atoms with Gasteiger partial charge in [-0.05, 0) is 68.3 Å². The fourth-order valence-corrected chi connectivity index (χ4v) is 3.56. The molecule has 20 heavy (non-hydrogen) atoms. The monoisotopic (exact) mass is 339 g/mol. The van der Waals surface area contributed by atoms with Gasteiger partial charge in [-0.2, -0.15) is 0 Å². The van der Waals surface area contributed by atoms with Gasteiger partial charge < -0.3 is 10.1 Å². The van der Waals surface area contributed by atoms with Crippen LogP contribution in [-0.4, -0.2) is 19.8 Å². The minimum absolute atomic E-state index is 0.467. The summed E-state index contributed by atoms with van der Waals surface area (Å²) in [7, 11) is 0. The highest BCUT2D eigenvalue weighted by Crippen LogP contribution is 2.29. The highest BCUT2D eigenvalue weighted by atomic mass is 79.9. The van der Waals surface area contributed by atoms with E-state index in [0.29, 0.717) is 6.04 Å². The van der Waals surface area contributed by atoms with Crippen molar-refractivity contribution in [2.75, 3.05) is 19.8 Å². The van der Waals surface area contributed by atoms with E-state index in [1.807, 2.05) is 0 Å². The third kappa shape index (κ3) is 4.87. The minimum Gasteiger partial charge on any atom is -0.381 e. The van der Waals surface area contributed by atoms with Crippen molar-refractivity contribution in [1.82, 2.24) is 5.32 Å². The molecule has 1 aliphatic heterocycles. The van der Waals surface area contributed by atoms with E-state index in [1.165, 1.54) is 41.3 Å². The van der Waals surface area contributed by atoms with Crippen LogP contribution in [-0.2, 0) is 4.74 Å². The number of nitrogens with one attached hydrogen (secondary N) is 1. The second kappa shape index (κ2) is 8.16. The van der Waals surface area contributed by atoms with E-state index < -0.39 is 0 Å². The van der Waals surface area contributed by atoms with E-state index in [1.54, 1.807) is 0 Å². The van der Waals surface area contributed by atoms with Crippen molar-refractivity contribution in [3.63, 3.8) is 0 Å². The zero-order valence-electron chi connectivity index (χ0n) is 12.6. The van der Waals surface area contributed by atoms with E-state index in [-0.39, 0.29) is 0 Å². The summed E-state index contributed by atoms with van der Waals surface area (Å²) < 4.78 is 6.66. The van der Waals surface area contributed by atoms with Gasteiger partial charge in [0.2, 0.25) is 0 Å². The van der Waals surface area contributed by atoms with Crippen LogP contribution in [0.25, 0.3) is 0 Å². The summed E-state index contributed by atoms with van der Waals surface area (Å²) in [5.41, 5.74) is 2.74. The zero-order valence-corrected chi connectivity index (χ0v) is 14.2. The number of benzene rings is 1. The molecule has 0 bridgehead atoms. The van der Waals surface area contributed by atoms with E-state index in [4.69, 9.17) is 4.74 Å². The summed E-state index contributed by atoms with van der Waals surface area (Å²) in [6.45, 7) is 7.34. The molecule has 2 rings (SSSR count). The molecule has 0 amide bonds. The molecule has 0 saturated carbocycles. The van der Waals surface area contributed by atoms with Gasteiger partial charge in [0.05, 0.1) is 0 Å². The molecule has 1 aromatic carbocycles. The smallest absolute Gasteiger partial charge is 0.0468 e. The number of ether oxygens (including phenoxy) is 1. The number of hydrogen-bond acceptors (Lipinski definition) is 2. The third-order valence-corrected chi connectivity index (χ3v) is 4.48. The summed E-state index contributed by atoms with van der Waals surface area (Å²) >= 11 is 3.63. The molecule has 0 aromatic heterocycles. The predicted molar refractivity (Wildman–Crippen MR) is 88.1 cm³/mol. The lowest BCUT2D eigenvalue weighted by atomic mass is 9.89. The van der Waals surface area contributed by atoms with Crippen molar-refractivity contribution < 1.29 is 4.74 Å². The van der Waals surface area contributed by atoms with Crippen LogP contribution in [0.4, 0.5) is 0 Å². The lowest BCUT2D eigenvalue weighted by molar-refractivity contribution is 0.0605.